The highest BCUT2D eigenvalue weighted by Gasteiger charge is 2.36. The molecule has 1 aliphatic heterocycles. The Hall–Kier alpha value is -1.51. The molecule has 1 heterocycles. The topological polar surface area (TPSA) is 54.9 Å². The summed E-state index contributed by atoms with van der Waals surface area (Å²) in [7, 11) is 3.46. The van der Waals surface area contributed by atoms with Crippen molar-refractivity contribution in [3.05, 3.63) is 64.7 Å². The van der Waals surface area contributed by atoms with E-state index in [4.69, 9.17) is 21.1 Å². The Morgan fingerprint density at radius 3 is 2.41 bits per heavy atom. The van der Waals surface area contributed by atoms with Crippen molar-refractivity contribution >= 4 is 41.5 Å². The first-order valence-corrected chi connectivity index (χ1v) is 9.95. The van der Waals surface area contributed by atoms with Crippen LogP contribution in [-0.2, 0) is 16.7 Å². The van der Waals surface area contributed by atoms with Gasteiger partial charge in [0.25, 0.3) is 0 Å². The van der Waals surface area contributed by atoms with Crippen LogP contribution in [0.2, 0.25) is 5.02 Å². The molecule has 0 aromatic heterocycles. The van der Waals surface area contributed by atoms with Crippen molar-refractivity contribution in [3.8, 4) is 5.75 Å². The average molecular weight is 530 g/mol. The molecule has 2 aromatic carbocycles. The third kappa shape index (κ3) is 6.23. The van der Waals surface area contributed by atoms with E-state index in [2.05, 4.69) is 27.8 Å². The second kappa shape index (κ2) is 11.6. The lowest BCUT2D eigenvalue weighted by molar-refractivity contribution is 0.0514. The van der Waals surface area contributed by atoms with Crippen molar-refractivity contribution in [2.75, 3.05) is 33.9 Å². The van der Waals surface area contributed by atoms with E-state index in [0.717, 1.165) is 54.9 Å². The molecule has 5 nitrogen and oxygen atoms in total. The molecular weight excluding hydrogens is 501 g/mol. The highest BCUT2D eigenvalue weighted by atomic mass is 127. The minimum absolute atomic E-state index is 0. The first-order chi connectivity index (χ1) is 13.7. The zero-order chi connectivity index (χ0) is 19.8. The van der Waals surface area contributed by atoms with Crippen LogP contribution in [0.1, 0.15) is 24.0 Å². The van der Waals surface area contributed by atoms with Gasteiger partial charge in [-0.05, 0) is 42.2 Å². The van der Waals surface area contributed by atoms with Crippen LogP contribution in [0.4, 0.5) is 0 Å². The Labute approximate surface area is 195 Å². The summed E-state index contributed by atoms with van der Waals surface area (Å²) in [6, 6.07) is 16.1. The van der Waals surface area contributed by atoms with Gasteiger partial charge in [-0.1, -0.05) is 41.9 Å². The number of methoxy groups -OCH3 is 1. The van der Waals surface area contributed by atoms with Gasteiger partial charge in [0.15, 0.2) is 5.96 Å². The summed E-state index contributed by atoms with van der Waals surface area (Å²) in [6.07, 6.45) is 1.86. The van der Waals surface area contributed by atoms with Gasteiger partial charge < -0.3 is 20.1 Å². The molecule has 3 rings (SSSR count). The number of halogens is 2. The second-order valence-corrected chi connectivity index (χ2v) is 7.41. The Morgan fingerprint density at radius 2 is 1.79 bits per heavy atom. The number of aliphatic imine (C=N–C) groups is 1. The van der Waals surface area contributed by atoms with Gasteiger partial charge >= 0.3 is 0 Å². The quantitative estimate of drug-likeness (QED) is 0.331. The van der Waals surface area contributed by atoms with Crippen molar-refractivity contribution in [1.82, 2.24) is 10.6 Å². The van der Waals surface area contributed by atoms with Crippen molar-refractivity contribution in [1.29, 1.82) is 0 Å². The average Bonchev–Trinajstić information content (AvgIpc) is 2.75. The lowest BCUT2D eigenvalue weighted by Crippen LogP contribution is -2.48. The number of hydrogen-bond donors (Lipinski definition) is 2. The molecule has 1 aliphatic rings. The standard InChI is InChI=1S/C22H28ClN3O2.HI/c1-24-21(25-15-17-7-9-18(27-2)10-8-17)26-16-22(11-13-28-14-12-22)19-5-3-4-6-20(19)23;/h3-10H,11-16H2,1-2H3,(H2,24,25,26);1H. The monoisotopic (exact) mass is 529 g/mol. The molecule has 0 unspecified atom stereocenters. The van der Waals surface area contributed by atoms with E-state index in [0.29, 0.717) is 6.54 Å². The first kappa shape index (κ1) is 23.8. The van der Waals surface area contributed by atoms with Crippen molar-refractivity contribution in [2.24, 2.45) is 4.99 Å². The van der Waals surface area contributed by atoms with Crippen LogP contribution in [0.3, 0.4) is 0 Å². The fourth-order valence-corrected chi connectivity index (χ4v) is 3.93. The summed E-state index contributed by atoms with van der Waals surface area (Å²) in [5.74, 6) is 1.63. The fraction of sp³-hybridized carbons (Fsp3) is 0.409. The van der Waals surface area contributed by atoms with Crippen molar-refractivity contribution in [3.63, 3.8) is 0 Å². The summed E-state index contributed by atoms with van der Waals surface area (Å²) in [5.41, 5.74) is 2.28. The van der Waals surface area contributed by atoms with E-state index in [1.165, 1.54) is 5.56 Å². The smallest absolute Gasteiger partial charge is 0.191 e. The molecular formula is C22H29ClIN3O2. The molecule has 1 saturated heterocycles. The minimum atomic E-state index is -0.0612. The van der Waals surface area contributed by atoms with Gasteiger partial charge in [0, 0.05) is 43.8 Å². The van der Waals surface area contributed by atoms with Gasteiger partial charge in [0.1, 0.15) is 5.75 Å². The molecule has 0 spiro atoms. The maximum absolute atomic E-state index is 6.54. The van der Waals surface area contributed by atoms with Crippen LogP contribution in [0.25, 0.3) is 0 Å². The van der Waals surface area contributed by atoms with E-state index >= 15 is 0 Å². The number of benzene rings is 2. The third-order valence-corrected chi connectivity index (χ3v) is 5.66. The molecule has 0 saturated carbocycles. The van der Waals surface area contributed by atoms with Gasteiger partial charge in [0.05, 0.1) is 7.11 Å². The van der Waals surface area contributed by atoms with Crippen LogP contribution >= 0.6 is 35.6 Å². The lowest BCUT2D eigenvalue weighted by Gasteiger charge is -2.38. The molecule has 158 valence electrons. The Morgan fingerprint density at radius 1 is 1.10 bits per heavy atom. The largest absolute Gasteiger partial charge is 0.497 e. The second-order valence-electron chi connectivity index (χ2n) is 7.00. The summed E-state index contributed by atoms with van der Waals surface area (Å²) in [4.78, 5) is 4.37. The number of nitrogens with zero attached hydrogens (tertiary/aromatic N) is 1. The van der Waals surface area contributed by atoms with Crippen LogP contribution in [0.5, 0.6) is 5.75 Å². The zero-order valence-corrected chi connectivity index (χ0v) is 20.0. The first-order valence-electron chi connectivity index (χ1n) is 9.57. The van der Waals surface area contributed by atoms with E-state index in [-0.39, 0.29) is 29.4 Å². The Balaban J connectivity index is 0.00000300. The SMILES string of the molecule is CN=C(NCc1ccc(OC)cc1)NCC1(c2ccccc2Cl)CCOCC1.I. The normalized spacial score (nSPS) is 15.9. The third-order valence-electron chi connectivity index (χ3n) is 5.33. The van der Waals surface area contributed by atoms with Crippen LogP contribution in [0.15, 0.2) is 53.5 Å². The molecule has 0 amide bonds. The molecule has 2 N–H and O–H groups in total. The Kier molecular flexibility index (Phi) is 9.52. The van der Waals surface area contributed by atoms with Crippen LogP contribution in [0, 0.1) is 0 Å². The van der Waals surface area contributed by atoms with Gasteiger partial charge in [0.2, 0.25) is 0 Å². The molecule has 29 heavy (non-hydrogen) atoms. The molecule has 0 atom stereocenters. The predicted octanol–water partition coefficient (Wildman–Crippen LogP) is 4.38. The van der Waals surface area contributed by atoms with E-state index in [1.807, 2.05) is 36.4 Å². The maximum atomic E-state index is 6.54. The van der Waals surface area contributed by atoms with Gasteiger partial charge in [-0.2, -0.15) is 0 Å². The fourth-order valence-electron chi connectivity index (χ4n) is 3.60. The number of rotatable bonds is 6. The minimum Gasteiger partial charge on any atom is -0.497 e. The molecule has 0 aliphatic carbocycles. The van der Waals surface area contributed by atoms with Gasteiger partial charge in [-0.3, -0.25) is 4.99 Å². The van der Waals surface area contributed by atoms with Gasteiger partial charge in [-0.25, -0.2) is 0 Å². The highest BCUT2D eigenvalue weighted by Crippen LogP contribution is 2.38. The molecule has 1 fully saturated rings. The number of guanidine groups is 1. The van der Waals surface area contributed by atoms with E-state index in [9.17, 15) is 0 Å². The number of hydrogen-bond acceptors (Lipinski definition) is 3. The van der Waals surface area contributed by atoms with E-state index in [1.54, 1.807) is 14.2 Å². The zero-order valence-electron chi connectivity index (χ0n) is 16.9. The van der Waals surface area contributed by atoms with Crippen molar-refractivity contribution in [2.45, 2.75) is 24.8 Å². The number of ether oxygens (including phenoxy) is 2. The molecule has 7 heteroatoms. The van der Waals surface area contributed by atoms with Crippen LogP contribution in [-0.4, -0.2) is 39.9 Å². The predicted molar refractivity (Wildman–Crippen MR) is 130 cm³/mol. The molecule has 0 bridgehead atoms. The summed E-state index contributed by atoms with van der Waals surface area (Å²) in [6.45, 7) is 2.92. The van der Waals surface area contributed by atoms with Crippen LogP contribution < -0.4 is 15.4 Å². The summed E-state index contributed by atoms with van der Waals surface area (Å²) < 4.78 is 10.8. The number of nitrogens with one attached hydrogen (secondary N) is 2. The molecule has 2 aromatic rings. The highest BCUT2D eigenvalue weighted by molar-refractivity contribution is 14.0. The van der Waals surface area contributed by atoms with Gasteiger partial charge in [-0.15, -0.1) is 24.0 Å². The summed E-state index contributed by atoms with van der Waals surface area (Å²) in [5, 5.41) is 7.69. The molecule has 0 radical (unpaired) electrons. The Bertz CT molecular complexity index is 793. The van der Waals surface area contributed by atoms with E-state index < -0.39 is 0 Å². The maximum Gasteiger partial charge on any atom is 0.191 e. The lowest BCUT2D eigenvalue weighted by atomic mass is 9.74. The van der Waals surface area contributed by atoms with Crippen molar-refractivity contribution < 1.29 is 9.47 Å². The summed E-state index contributed by atoms with van der Waals surface area (Å²) >= 11 is 6.54.